The Bertz CT molecular complexity index is 1730. The van der Waals surface area contributed by atoms with E-state index in [9.17, 15) is 9.90 Å². The second-order valence-electron chi connectivity index (χ2n) is 12.0. The van der Waals surface area contributed by atoms with Gasteiger partial charge in [-0.05, 0) is 62.6 Å². The van der Waals surface area contributed by atoms with E-state index in [0.29, 0.717) is 39.0 Å². The Labute approximate surface area is 250 Å². The van der Waals surface area contributed by atoms with Gasteiger partial charge in [-0.15, -0.1) is 0 Å². The van der Waals surface area contributed by atoms with Gasteiger partial charge in [-0.3, -0.25) is 9.47 Å². The van der Waals surface area contributed by atoms with E-state index in [-0.39, 0.29) is 17.0 Å². The Balaban J connectivity index is 1.38. The number of nitrogens with zero attached hydrogens (tertiary/aromatic N) is 6. The van der Waals surface area contributed by atoms with Crippen LogP contribution in [-0.4, -0.2) is 69.4 Å². The minimum Gasteiger partial charge on any atom is -0.507 e. The molecule has 2 aliphatic heterocycles. The number of halogens is 2. The summed E-state index contributed by atoms with van der Waals surface area (Å²) in [6.07, 6.45) is 7.24. The molecule has 220 valence electrons. The molecule has 10 heteroatoms. The first-order valence-corrected chi connectivity index (χ1v) is 14.6. The van der Waals surface area contributed by atoms with Crippen LogP contribution in [0.3, 0.4) is 0 Å². The van der Waals surface area contributed by atoms with Crippen molar-refractivity contribution in [2.24, 2.45) is 7.05 Å². The number of aromatic hydroxyl groups is 1. The summed E-state index contributed by atoms with van der Waals surface area (Å²) in [5.41, 5.74) is 3.23. The van der Waals surface area contributed by atoms with E-state index in [1.54, 1.807) is 43.8 Å². The molecule has 0 aliphatic carbocycles. The van der Waals surface area contributed by atoms with Gasteiger partial charge < -0.3 is 19.5 Å². The third-order valence-electron chi connectivity index (χ3n) is 8.85. The molecule has 1 spiro atoms. The third-order valence-corrected chi connectivity index (χ3v) is 9.15. The minimum atomic E-state index is -0.488. The molecule has 2 aliphatic rings. The molecule has 2 aromatic carbocycles. The van der Waals surface area contributed by atoms with Crippen LogP contribution in [0.25, 0.3) is 27.9 Å². The second kappa shape index (κ2) is 10.5. The summed E-state index contributed by atoms with van der Waals surface area (Å²) in [5, 5.41) is 11.8. The van der Waals surface area contributed by atoms with Gasteiger partial charge in [0.25, 0.3) is 0 Å². The van der Waals surface area contributed by atoms with Crippen molar-refractivity contribution >= 4 is 23.1 Å². The largest absolute Gasteiger partial charge is 0.507 e. The lowest BCUT2D eigenvalue weighted by atomic mass is 9.82. The predicted molar refractivity (Wildman–Crippen MR) is 167 cm³/mol. The first-order valence-electron chi connectivity index (χ1n) is 14.3. The molecule has 42 heavy (non-hydrogen) atoms. The Hall–Kier alpha value is -3.82. The second-order valence-corrected chi connectivity index (χ2v) is 12.4. The highest BCUT2D eigenvalue weighted by molar-refractivity contribution is 6.32. The minimum absolute atomic E-state index is 0.0645. The molecule has 4 heterocycles. The van der Waals surface area contributed by atoms with Crippen LogP contribution in [-0.2, 0) is 7.05 Å². The Morgan fingerprint density at radius 1 is 1.02 bits per heavy atom. The SMILES string of the molecule is CC(C)N1CCC12CCN(c1cc(-c3cc(F)cc(-c4ccc(-n5ccn(C)c5=O)c(Cl)c4)c3O)cnc1N(C)C)C2. The fraction of sp³-hybridized carbons (Fsp3) is 0.375. The molecular formula is C32H36ClFN6O2. The van der Waals surface area contributed by atoms with E-state index in [2.05, 4.69) is 23.6 Å². The highest BCUT2D eigenvalue weighted by atomic mass is 35.5. The van der Waals surface area contributed by atoms with E-state index in [4.69, 9.17) is 16.6 Å². The fourth-order valence-electron chi connectivity index (χ4n) is 6.59. The monoisotopic (exact) mass is 590 g/mol. The van der Waals surface area contributed by atoms with Gasteiger partial charge in [0, 0.05) is 87.6 Å². The summed E-state index contributed by atoms with van der Waals surface area (Å²) in [4.78, 5) is 24.2. The van der Waals surface area contributed by atoms with Crippen LogP contribution < -0.4 is 15.5 Å². The summed E-state index contributed by atoms with van der Waals surface area (Å²) in [5.74, 6) is 0.281. The summed E-state index contributed by atoms with van der Waals surface area (Å²) in [6.45, 7) is 7.45. The number of benzene rings is 2. The number of imidazole rings is 1. The van der Waals surface area contributed by atoms with Crippen molar-refractivity contribution in [2.75, 3.05) is 43.5 Å². The van der Waals surface area contributed by atoms with Crippen LogP contribution in [0.1, 0.15) is 26.7 Å². The fourth-order valence-corrected chi connectivity index (χ4v) is 6.86. The lowest BCUT2D eigenvalue weighted by Gasteiger charge is -2.53. The van der Waals surface area contributed by atoms with Gasteiger partial charge in [-0.25, -0.2) is 14.2 Å². The average molecular weight is 591 g/mol. The molecular weight excluding hydrogens is 555 g/mol. The zero-order chi connectivity index (χ0) is 29.9. The molecule has 6 rings (SSSR count). The molecule has 2 aromatic heterocycles. The molecule has 4 aromatic rings. The van der Waals surface area contributed by atoms with Gasteiger partial charge in [-0.1, -0.05) is 17.7 Å². The molecule has 1 atom stereocenters. The molecule has 0 saturated carbocycles. The van der Waals surface area contributed by atoms with E-state index in [0.717, 1.165) is 37.6 Å². The Morgan fingerprint density at radius 3 is 2.33 bits per heavy atom. The normalized spacial score (nSPS) is 18.7. The molecule has 1 unspecified atom stereocenters. The zero-order valence-electron chi connectivity index (χ0n) is 24.6. The molecule has 2 saturated heterocycles. The van der Waals surface area contributed by atoms with Gasteiger partial charge in [0.05, 0.1) is 16.4 Å². The molecule has 0 amide bonds. The number of phenols is 1. The molecule has 1 N–H and O–H groups in total. The van der Waals surface area contributed by atoms with Crippen LogP contribution in [0.2, 0.25) is 5.02 Å². The van der Waals surface area contributed by atoms with Crippen LogP contribution in [0.5, 0.6) is 5.75 Å². The topological polar surface area (TPSA) is 69.8 Å². The quantitative estimate of drug-likeness (QED) is 0.318. The lowest BCUT2D eigenvalue weighted by molar-refractivity contribution is -0.0237. The number of rotatable bonds is 6. The van der Waals surface area contributed by atoms with Crippen molar-refractivity contribution in [1.29, 1.82) is 0 Å². The number of hydrogen-bond donors (Lipinski definition) is 1. The Morgan fingerprint density at radius 2 is 1.74 bits per heavy atom. The van der Waals surface area contributed by atoms with Crippen molar-refractivity contribution in [3.05, 3.63) is 76.3 Å². The van der Waals surface area contributed by atoms with Crippen LogP contribution in [0, 0.1) is 5.82 Å². The maximum absolute atomic E-state index is 15.1. The van der Waals surface area contributed by atoms with Gasteiger partial charge in [0.2, 0.25) is 0 Å². The summed E-state index contributed by atoms with van der Waals surface area (Å²) < 4.78 is 18.0. The number of anilines is 2. The first-order chi connectivity index (χ1) is 20.0. The van der Waals surface area contributed by atoms with Crippen molar-refractivity contribution in [3.8, 4) is 33.7 Å². The van der Waals surface area contributed by atoms with Crippen molar-refractivity contribution < 1.29 is 9.50 Å². The summed E-state index contributed by atoms with van der Waals surface area (Å²) >= 11 is 6.59. The van der Waals surface area contributed by atoms with E-state index in [1.165, 1.54) is 27.7 Å². The number of likely N-dealkylation sites (tertiary alicyclic amines) is 1. The molecule has 0 bridgehead atoms. The van der Waals surface area contributed by atoms with Crippen LogP contribution in [0.15, 0.2) is 59.8 Å². The van der Waals surface area contributed by atoms with Gasteiger partial charge in [0.1, 0.15) is 11.6 Å². The van der Waals surface area contributed by atoms with Gasteiger partial charge in [-0.2, -0.15) is 0 Å². The van der Waals surface area contributed by atoms with Gasteiger partial charge in [0.15, 0.2) is 5.82 Å². The summed E-state index contributed by atoms with van der Waals surface area (Å²) in [6, 6.07) is 10.2. The third kappa shape index (κ3) is 4.65. The molecule has 2 fully saturated rings. The number of aryl methyl sites for hydroxylation is 1. The van der Waals surface area contributed by atoms with Crippen molar-refractivity contribution in [1.82, 2.24) is 19.0 Å². The standard InChI is InChI=1S/C32H36ClFN6O2/c1-20(2)40-11-9-32(40)8-10-38(19-32)28-15-22(18-35-30(28)36(3)4)25-17-23(34)16-24(29(25)41)21-6-7-27(26(33)14-21)39-13-12-37(5)31(39)42/h6-7,12-18,20,41H,8-11,19H2,1-5H3. The number of pyridine rings is 1. The van der Waals surface area contributed by atoms with E-state index < -0.39 is 5.82 Å². The number of phenolic OH excluding ortho intramolecular Hbond substituents is 1. The first kappa shape index (κ1) is 28.3. The van der Waals surface area contributed by atoms with Crippen molar-refractivity contribution in [2.45, 2.75) is 38.3 Å². The average Bonchev–Trinajstić information content (AvgIpc) is 3.54. The maximum atomic E-state index is 15.1. The maximum Gasteiger partial charge on any atom is 0.332 e. The molecule has 0 radical (unpaired) electrons. The van der Waals surface area contributed by atoms with E-state index >= 15 is 4.39 Å². The highest BCUT2D eigenvalue weighted by Gasteiger charge is 2.50. The van der Waals surface area contributed by atoms with E-state index in [1.807, 2.05) is 25.1 Å². The highest BCUT2D eigenvalue weighted by Crippen LogP contribution is 2.45. The summed E-state index contributed by atoms with van der Waals surface area (Å²) in [7, 11) is 5.60. The number of aromatic nitrogens is 3. The van der Waals surface area contributed by atoms with Crippen LogP contribution >= 0.6 is 11.6 Å². The zero-order valence-corrected chi connectivity index (χ0v) is 25.4. The Kier molecular flexibility index (Phi) is 7.06. The smallest absolute Gasteiger partial charge is 0.332 e. The molecule has 8 nitrogen and oxygen atoms in total. The van der Waals surface area contributed by atoms with Crippen molar-refractivity contribution in [3.63, 3.8) is 0 Å². The lowest BCUT2D eigenvalue weighted by Crippen LogP contribution is -2.63. The van der Waals surface area contributed by atoms with Gasteiger partial charge >= 0.3 is 5.69 Å². The van der Waals surface area contributed by atoms with Crippen LogP contribution in [0.4, 0.5) is 15.9 Å². The predicted octanol–water partition coefficient (Wildman–Crippen LogP) is 5.53. The number of hydrogen-bond acceptors (Lipinski definition) is 6.